The Morgan fingerprint density at radius 1 is 1.15 bits per heavy atom. The Kier molecular flexibility index (Phi) is 7.73. The van der Waals surface area contributed by atoms with Gasteiger partial charge >= 0.3 is 6.03 Å². The van der Waals surface area contributed by atoms with Gasteiger partial charge in [0.25, 0.3) is 5.56 Å². The summed E-state index contributed by atoms with van der Waals surface area (Å²) in [6.45, 7) is 5.27. The number of carbonyl (C=O) groups excluding carboxylic acids is 1. The van der Waals surface area contributed by atoms with Gasteiger partial charge in [-0.2, -0.15) is 0 Å². The maximum Gasteiger partial charge on any atom is 0.321 e. The lowest BCUT2D eigenvalue weighted by atomic mass is 10.2. The Bertz CT molecular complexity index is 1240. The summed E-state index contributed by atoms with van der Waals surface area (Å²) < 4.78 is 6.93. The predicted molar refractivity (Wildman–Crippen MR) is 135 cm³/mol. The second kappa shape index (κ2) is 10.7. The molecule has 3 aromatic rings. The Morgan fingerprint density at radius 3 is 2.59 bits per heavy atom. The number of nitrogens with one attached hydrogen (secondary N) is 1. The number of fused-ring (bicyclic) bond motifs is 1. The fourth-order valence-corrected chi connectivity index (χ4v) is 4.62. The number of anilines is 1. The van der Waals surface area contributed by atoms with Gasteiger partial charge in [-0.3, -0.25) is 14.3 Å². The van der Waals surface area contributed by atoms with Crippen LogP contribution in [0.15, 0.2) is 47.3 Å². The van der Waals surface area contributed by atoms with Gasteiger partial charge in [-0.25, -0.2) is 9.78 Å². The van der Waals surface area contributed by atoms with Crippen molar-refractivity contribution in [3.63, 3.8) is 0 Å². The number of aromatic nitrogens is 2. The lowest BCUT2D eigenvalue weighted by molar-refractivity contribution is 0.112. The number of nitrogens with zero attached hydrogens (tertiary/aromatic N) is 4. The van der Waals surface area contributed by atoms with Crippen LogP contribution in [0.25, 0.3) is 10.9 Å². The van der Waals surface area contributed by atoms with Crippen LogP contribution in [0.5, 0.6) is 0 Å². The minimum Gasteiger partial charge on any atom is -0.383 e. The van der Waals surface area contributed by atoms with E-state index in [-0.39, 0.29) is 17.6 Å². The van der Waals surface area contributed by atoms with Crippen LogP contribution in [-0.4, -0.2) is 65.3 Å². The summed E-state index contributed by atoms with van der Waals surface area (Å²) in [7, 11) is 1.62. The Labute approximate surface area is 208 Å². The molecule has 180 valence electrons. The Hall–Kier alpha value is -2.65. The second-order valence-corrected chi connectivity index (χ2v) is 9.03. The third-order valence-electron chi connectivity index (χ3n) is 6.11. The summed E-state index contributed by atoms with van der Waals surface area (Å²) in [6, 6.07) is 12.0. The van der Waals surface area contributed by atoms with Crippen molar-refractivity contribution in [1.29, 1.82) is 0 Å². The summed E-state index contributed by atoms with van der Waals surface area (Å²) in [5.74, 6) is 0.701. The van der Waals surface area contributed by atoms with Crippen molar-refractivity contribution >= 4 is 45.8 Å². The first-order valence-corrected chi connectivity index (χ1v) is 11.9. The van der Waals surface area contributed by atoms with Gasteiger partial charge in [-0.1, -0.05) is 35.3 Å². The predicted octanol–water partition coefficient (Wildman–Crippen LogP) is 4.26. The summed E-state index contributed by atoms with van der Waals surface area (Å²) in [5, 5.41) is 4.35. The molecule has 0 bridgehead atoms. The average molecular weight is 504 g/mol. The van der Waals surface area contributed by atoms with Crippen molar-refractivity contribution < 1.29 is 9.53 Å². The highest BCUT2D eigenvalue weighted by Crippen LogP contribution is 2.26. The minimum absolute atomic E-state index is 0.0673. The summed E-state index contributed by atoms with van der Waals surface area (Å²) >= 11 is 12.1. The second-order valence-electron chi connectivity index (χ2n) is 8.19. The number of urea groups is 1. The first kappa shape index (κ1) is 24.5. The number of ether oxygens (including phenoxy) is 1. The van der Waals surface area contributed by atoms with E-state index in [1.165, 1.54) is 0 Å². The molecule has 2 amide bonds. The quantitative estimate of drug-likeness (QED) is 0.543. The van der Waals surface area contributed by atoms with Crippen LogP contribution >= 0.6 is 23.2 Å². The van der Waals surface area contributed by atoms with Crippen LogP contribution in [0, 0.1) is 0 Å². The zero-order valence-corrected chi connectivity index (χ0v) is 20.6. The zero-order valence-electron chi connectivity index (χ0n) is 19.1. The molecule has 1 atom stereocenters. The van der Waals surface area contributed by atoms with Crippen molar-refractivity contribution in [1.82, 2.24) is 19.4 Å². The van der Waals surface area contributed by atoms with E-state index in [9.17, 15) is 9.59 Å². The molecule has 1 unspecified atom stereocenters. The SMILES string of the molecule is COCCn1c(C(C)N2CCN(C(=O)Nc3ccc(Cl)cc3Cl)CC2)nc2ccccc2c1=O. The monoisotopic (exact) mass is 503 g/mol. The number of halogens is 2. The van der Waals surface area contributed by atoms with E-state index in [1.807, 2.05) is 25.1 Å². The highest BCUT2D eigenvalue weighted by atomic mass is 35.5. The molecule has 2 aromatic carbocycles. The molecule has 1 N–H and O–H groups in total. The van der Waals surface area contributed by atoms with E-state index in [4.69, 9.17) is 32.9 Å². The molecule has 10 heteroatoms. The molecule has 1 fully saturated rings. The van der Waals surface area contributed by atoms with Gasteiger partial charge in [0.2, 0.25) is 0 Å². The van der Waals surface area contributed by atoms with Gasteiger partial charge in [-0.05, 0) is 37.3 Å². The molecule has 1 aliphatic rings. The first-order chi connectivity index (χ1) is 16.4. The lowest BCUT2D eigenvalue weighted by Gasteiger charge is -2.38. The van der Waals surface area contributed by atoms with Crippen LogP contribution in [0.2, 0.25) is 10.0 Å². The lowest BCUT2D eigenvalue weighted by Crippen LogP contribution is -2.51. The highest BCUT2D eigenvalue weighted by molar-refractivity contribution is 6.36. The van der Waals surface area contributed by atoms with Gasteiger partial charge in [0.05, 0.1) is 40.8 Å². The van der Waals surface area contributed by atoms with Crippen LogP contribution in [0.3, 0.4) is 0 Å². The number of rotatable bonds is 6. The van der Waals surface area contributed by atoms with Crippen molar-refractivity contribution in [2.24, 2.45) is 0 Å². The molecule has 0 spiro atoms. The van der Waals surface area contributed by atoms with Crippen LogP contribution in [-0.2, 0) is 11.3 Å². The first-order valence-electron chi connectivity index (χ1n) is 11.1. The number of benzene rings is 2. The molecule has 0 radical (unpaired) electrons. The number of methoxy groups -OCH3 is 1. The molecule has 8 nitrogen and oxygen atoms in total. The summed E-state index contributed by atoms with van der Waals surface area (Å²) in [5.41, 5.74) is 1.14. The zero-order chi connectivity index (χ0) is 24.2. The normalized spacial score (nSPS) is 15.5. The minimum atomic E-state index is -0.211. The third-order valence-corrected chi connectivity index (χ3v) is 6.65. The van der Waals surface area contributed by atoms with Crippen molar-refractivity contribution in [3.8, 4) is 0 Å². The number of hydrogen-bond acceptors (Lipinski definition) is 5. The number of hydrogen-bond donors (Lipinski definition) is 1. The van der Waals surface area contributed by atoms with E-state index in [2.05, 4.69) is 10.2 Å². The summed E-state index contributed by atoms with van der Waals surface area (Å²) in [4.78, 5) is 34.7. The topological polar surface area (TPSA) is 79.7 Å². The molecule has 4 rings (SSSR count). The molecule has 2 heterocycles. The van der Waals surface area contributed by atoms with Gasteiger partial charge in [0.1, 0.15) is 5.82 Å². The molecule has 1 aliphatic heterocycles. The molecular formula is C24H27Cl2N5O3. The van der Waals surface area contributed by atoms with E-state index >= 15 is 0 Å². The van der Waals surface area contributed by atoms with E-state index in [1.54, 1.807) is 40.8 Å². The van der Waals surface area contributed by atoms with E-state index in [0.29, 0.717) is 71.8 Å². The number of amides is 2. The van der Waals surface area contributed by atoms with Gasteiger partial charge in [0, 0.05) is 38.3 Å². The highest BCUT2D eigenvalue weighted by Gasteiger charge is 2.28. The van der Waals surface area contributed by atoms with Crippen LogP contribution < -0.4 is 10.9 Å². The van der Waals surface area contributed by atoms with Gasteiger partial charge in [-0.15, -0.1) is 0 Å². The molecule has 34 heavy (non-hydrogen) atoms. The molecular weight excluding hydrogens is 477 g/mol. The van der Waals surface area contributed by atoms with Crippen LogP contribution in [0.1, 0.15) is 18.8 Å². The fraction of sp³-hybridized carbons (Fsp3) is 0.375. The molecule has 1 aromatic heterocycles. The van der Waals surface area contributed by atoms with E-state index < -0.39 is 0 Å². The fourth-order valence-electron chi connectivity index (χ4n) is 4.16. The third kappa shape index (κ3) is 5.20. The maximum atomic E-state index is 13.2. The smallest absolute Gasteiger partial charge is 0.321 e. The summed E-state index contributed by atoms with van der Waals surface area (Å²) in [6.07, 6.45) is 0. The Morgan fingerprint density at radius 2 is 1.88 bits per heavy atom. The number of para-hydroxylation sites is 1. The van der Waals surface area contributed by atoms with Crippen molar-refractivity contribution in [2.75, 3.05) is 45.2 Å². The number of piperazine rings is 1. The van der Waals surface area contributed by atoms with Crippen molar-refractivity contribution in [3.05, 3.63) is 68.7 Å². The van der Waals surface area contributed by atoms with Crippen molar-refractivity contribution in [2.45, 2.75) is 19.5 Å². The van der Waals surface area contributed by atoms with Gasteiger partial charge < -0.3 is 15.0 Å². The average Bonchev–Trinajstić information content (AvgIpc) is 2.84. The molecule has 0 saturated carbocycles. The number of carbonyl (C=O) groups is 1. The molecule has 1 saturated heterocycles. The largest absolute Gasteiger partial charge is 0.383 e. The maximum absolute atomic E-state index is 13.2. The van der Waals surface area contributed by atoms with Crippen LogP contribution in [0.4, 0.5) is 10.5 Å². The standard InChI is InChI=1S/C24H27Cl2N5O3/c1-16(22-27-20-6-4-3-5-18(20)23(32)31(22)13-14-34-2)29-9-11-30(12-10-29)24(33)28-21-8-7-17(25)15-19(21)26/h3-8,15-16H,9-14H2,1-2H3,(H,28,33). The van der Waals surface area contributed by atoms with E-state index in [0.717, 1.165) is 0 Å². The van der Waals surface area contributed by atoms with Gasteiger partial charge in [0.15, 0.2) is 0 Å². The Balaban J connectivity index is 1.48. The molecule has 0 aliphatic carbocycles.